The van der Waals surface area contributed by atoms with Gasteiger partial charge in [-0.25, -0.2) is 0 Å². The van der Waals surface area contributed by atoms with Crippen LogP contribution in [0.2, 0.25) is 0 Å². The topological polar surface area (TPSA) is 72.5 Å². The molecule has 0 atom stereocenters. The summed E-state index contributed by atoms with van der Waals surface area (Å²) in [6.45, 7) is 4.73. The van der Waals surface area contributed by atoms with Crippen LogP contribution in [0.15, 0.2) is 24.4 Å². The molecule has 0 saturated carbocycles. The SMILES string of the molecule is CC(C)CNc1nc2ccccn2c1[N+](=O)[O-]. The molecule has 0 unspecified atom stereocenters. The zero-order chi connectivity index (χ0) is 12.4. The van der Waals surface area contributed by atoms with Gasteiger partial charge in [0.2, 0.25) is 11.5 Å². The number of anilines is 1. The number of nitrogens with zero attached hydrogens (tertiary/aromatic N) is 3. The van der Waals surface area contributed by atoms with Gasteiger partial charge in [0.15, 0.2) is 0 Å². The van der Waals surface area contributed by atoms with E-state index in [1.165, 1.54) is 4.40 Å². The quantitative estimate of drug-likeness (QED) is 0.650. The predicted molar refractivity (Wildman–Crippen MR) is 65.2 cm³/mol. The van der Waals surface area contributed by atoms with Crippen molar-refractivity contribution >= 4 is 17.3 Å². The minimum Gasteiger partial charge on any atom is -0.363 e. The van der Waals surface area contributed by atoms with Crippen molar-refractivity contribution in [1.82, 2.24) is 9.38 Å². The summed E-state index contributed by atoms with van der Waals surface area (Å²) >= 11 is 0. The van der Waals surface area contributed by atoms with Crippen molar-refractivity contribution in [2.75, 3.05) is 11.9 Å². The number of hydrogen-bond donors (Lipinski definition) is 1. The zero-order valence-electron chi connectivity index (χ0n) is 9.75. The summed E-state index contributed by atoms with van der Waals surface area (Å²) in [7, 11) is 0. The van der Waals surface area contributed by atoms with Gasteiger partial charge in [-0.1, -0.05) is 19.9 Å². The van der Waals surface area contributed by atoms with E-state index in [1.807, 2.05) is 13.8 Å². The molecule has 0 aliphatic rings. The molecule has 0 amide bonds. The smallest absolute Gasteiger partial charge is 0.363 e. The second-order valence-electron chi connectivity index (χ2n) is 4.24. The van der Waals surface area contributed by atoms with E-state index in [-0.39, 0.29) is 5.82 Å². The molecule has 0 saturated heterocycles. The number of nitro groups is 1. The summed E-state index contributed by atoms with van der Waals surface area (Å²) in [6.07, 6.45) is 1.64. The van der Waals surface area contributed by atoms with Crippen LogP contribution in [0.4, 0.5) is 11.6 Å². The summed E-state index contributed by atoms with van der Waals surface area (Å²) < 4.78 is 1.47. The third-order valence-electron chi connectivity index (χ3n) is 2.36. The van der Waals surface area contributed by atoms with Gasteiger partial charge in [-0.15, -0.1) is 0 Å². The first-order valence-corrected chi connectivity index (χ1v) is 5.45. The molecule has 2 heterocycles. The molecule has 2 aromatic rings. The number of imidazole rings is 1. The second-order valence-corrected chi connectivity index (χ2v) is 4.24. The van der Waals surface area contributed by atoms with E-state index in [9.17, 15) is 10.1 Å². The van der Waals surface area contributed by atoms with E-state index in [0.717, 1.165) is 0 Å². The monoisotopic (exact) mass is 234 g/mol. The highest BCUT2D eigenvalue weighted by Crippen LogP contribution is 2.25. The maximum absolute atomic E-state index is 11.0. The van der Waals surface area contributed by atoms with Gasteiger partial charge in [-0.3, -0.25) is 0 Å². The number of pyridine rings is 1. The molecule has 6 nitrogen and oxygen atoms in total. The van der Waals surface area contributed by atoms with Crippen molar-refractivity contribution in [1.29, 1.82) is 0 Å². The zero-order valence-corrected chi connectivity index (χ0v) is 9.75. The van der Waals surface area contributed by atoms with Crippen molar-refractivity contribution in [3.8, 4) is 0 Å². The first-order valence-electron chi connectivity index (χ1n) is 5.45. The Morgan fingerprint density at radius 3 is 2.94 bits per heavy atom. The van der Waals surface area contributed by atoms with E-state index in [2.05, 4.69) is 10.3 Å². The van der Waals surface area contributed by atoms with E-state index >= 15 is 0 Å². The van der Waals surface area contributed by atoms with Crippen LogP contribution in [0.1, 0.15) is 13.8 Å². The predicted octanol–water partition coefficient (Wildman–Crippen LogP) is 2.31. The van der Waals surface area contributed by atoms with Crippen LogP contribution >= 0.6 is 0 Å². The highest BCUT2D eigenvalue weighted by atomic mass is 16.6. The average Bonchev–Trinajstić information content (AvgIpc) is 2.64. The number of hydrogen-bond acceptors (Lipinski definition) is 4. The largest absolute Gasteiger partial charge is 0.372 e. The van der Waals surface area contributed by atoms with E-state index < -0.39 is 4.92 Å². The second kappa shape index (κ2) is 4.40. The van der Waals surface area contributed by atoms with Gasteiger partial charge in [0.25, 0.3) is 0 Å². The van der Waals surface area contributed by atoms with Crippen LogP contribution in [0.25, 0.3) is 5.65 Å². The summed E-state index contributed by atoms with van der Waals surface area (Å²) in [5.74, 6) is 0.718. The Morgan fingerprint density at radius 2 is 2.29 bits per heavy atom. The molecule has 0 fully saturated rings. The minimum atomic E-state index is -0.414. The van der Waals surface area contributed by atoms with Crippen molar-refractivity contribution in [3.63, 3.8) is 0 Å². The first-order chi connectivity index (χ1) is 8.09. The minimum absolute atomic E-state index is 0.0127. The van der Waals surface area contributed by atoms with Crippen molar-refractivity contribution in [2.24, 2.45) is 5.92 Å². The lowest BCUT2D eigenvalue weighted by Crippen LogP contribution is -2.09. The van der Waals surface area contributed by atoms with Crippen molar-refractivity contribution < 1.29 is 4.92 Å². The Morgan fingerprint density at radius 1 is 1.53 bits per heavy atom. The van der Waals surface area contributed by atoms with Gasteiger partial charge >= 0.3 is 5.82 Å². The van der Waals surface area contributed by atoms with Crippen LogP contribution < -0.4 is 5.32 Å². The van der Waals surface area contributed by atoms with Gasteiger partial charge in [0, 0.05) is 12.6 Å². The Bertz CT molecular complexity index is 547. The van der Waals surface area contributed by atoms with Gasteiger partial charge < -0.3 is 15.4 Å². The fraction of sp³-hybridized carbons (Fsp3) is 0.364. The molecular weight excluding hydrogens is 220 g/mol. The number of nitrogens with one attached hydrogen (secondary N) is 1. The van der Waals surface area contributed by atoms with Crippen molar-refractivity contribution in [2.45, 2.75) is 13.8 Å². The summed E-state index contributed by atoms with van der Waals surface area (Å²) in [4.78, 5) is 14.8. The fourth-order valence-corrected chi connectivity index (χ4v) is 1.58. The van der Waals surface area contributed by atoms with Crippen LogP contribution in [-0.4, -0.2) is 20.9 Å². The van der Waals surface area contributed by atoms with Gasteiger partial charge in [0.1, 0.15) is 0 Å². The third-order valence-corrected chi connectivity index (χ3v) is 2.36. The lowest BCUT2D eigenvalue weighted by molar-refractivity contribution is -0.389. The number of aromatic nitrogens is 2. The molecule has 17 heavy (non-hydrogen) atoms. The van der Waals surface area contributed by atoms with Crippen LogP contribution in [0, 0.1) is 16.0 Å². The van der Waals surface area contributed by atoms with E-state index in [1.54, 1.807) is 24.4 Å². The first kappa shape index (κ1) is 11.4. The molecule has 0 spiro atoms. The lowest BCUT2D eigenvalue weighted by atomic mass is 10.2. The summed E-state index contributed by atoms with van der Waals surface area (Å²) in [6, 6.07) is 5.29. The van der Waals surface area contributed by atoms with Gasteiger partial charge in [0.05, 0.1) is 6.20 Å². The molecule has 0 aromatic carbocycles. The molecule has 0 aliphatic carbocycles. The standard InChI is InChI=1S/C11H14N4O2/c1-8(2)7-12-10-11(15(16)17)14-6-4-3-5-9(14)13-10/h3-6,8,12H,7H2,1-2H3. The maximum Gasteiger partial charge on any atom is 0.372 e. The van der Waals surface area contributed by atoms with Gasteiger partial charge in [-0.05, 0) is 16.9 Å². The Balaban J connectivity index is 2.46. The average molecular weight is 234 g/mol. The van der Waals surface area contributed by atoms with Crippen LogP contribution in [-0.2, 0) is 0 Å². The lowest BCUT2D eigenvalue weighted by Gasteiger charge is -2.05. The number of rotatable bonds is 4. The fourth-order valence-electron chi connectivity index (χ4n) is 1.58. The Kier molecular flexibility index (Phi) is 2.95. The highest BCUT2D eigenvalue weighted by molar-refractivity contribution is 5.62. The Hall–Kier alpha value is -2.11. The number of fused-ring (bicyclic) bond motifs is 1. The molecule has 0 bridgehead atoms. The van der Waals surface area contributed by atoms with Crippen LogP contribution in [0.5, 0.6) is 0 Å². The molecule has 0 aliphatic heterocycles. The summed E-state index contributed by atoms with van der Waals surface area (Å²) in [5.41, 5.74) is 0.574. The molecule has 2 rings (SSSR count). The normalized spacial score (nSPS) is 11.0. The summed E-state index contributed by atoms with van der Waals surface area (Å²) in [5, 5.41) is 14.1. The van der Waals surface area contributed by atoms with Crippen LogP contribution in [0.3, 0.4) is 0 Å². The molecule has 6 heteroatoms. The molecule has 1 N–H and O–H groups in total. The van der Waals surface area contributed by atoms with Gasteiger partial charge in [-0.2, -0.15) is 9.38 Å². The molecule has 0 radical (unpaired) electrons. The highest BCUT2D eigenvalue weighted by Gasteiger charge is 2.21. The molecule has 90 valence electrons. The van der Waals surface area contributed by atoms with Crippen molar-refractivity contribution in [3.05, 3.63) is 34.5 Å². The Labute approximate surface area is 98.4 Å². The van der Waals surface area contributed by atoms with E-state index in [4.69, 9.17) is 0 Å². The maximum atomic E-state index is 11.0. The molecule has 2 aromatic heterocycles. The third kappa shape index (κ3) is 2.20. The molecular formula is C11H14N4O2. The van der Waals surface area contributed by atoms with E-state index in [0.29, 0.717) is 23.9 Å².